The van der Waals surface area contributed by atoms with Gasteiger partial charge in [0.15, 0.2) is 5.13 Å². The van der Waals surface area contributed by atoms with Crippen LogP contribution in [0, 0.1) is 6.92 Å². The number of carbonyl (C=O) groups excluding carboxylic acids is 1. The normalized spacial score (nSPS) is 17.1. The zero-order chi connectivity index (χ0) is 15.2. The first kappa shape index (κ1) is 14.5. The molecule has 0 spiro atoms. The Kier molecular flexibility index (Phi) is 3.53. The van der Waals surface area contributed by atoms with Crippen LogP contribution in [0.5, 0.6) is 0 Å². The predicted octanol–water partition coefficient (Wildman–Crippen LogP) is 4.62. The van der Waals surface area contributed by atoms with Crippen LogP contribution in [0.2, 0.25) is 0 Å². The van der Waals surface area contributed by atoms with E-state index >= 15 is 0 Å². The van der Waals surface area contributed by atoms with Crippen LogP contribution in [-0.2, 0) is 4.74 Å². The van der Waals surface area contributed by atoms with Crippen molar-refractivity contribution in [3.05, 3.63) is 33.6 Å². The molecule has 1 amide bonds. The van der Waals surface area contributed by atoms with Crippen LogP contribution in [0.15, 0.2) is 28.7 Å². The van der Waals surface area contributed by atoms with Crippen molar-refractivity contribution < 1.29 is 9.53 Å². The average Bonchev–Trinajstić information content (AvgIpc) is 2.91. The number of ether oxygens (including phenoxy) is 1. The summed E-state index contributed by atoms with van der Waals surface area (Å²) >= 11 is 4.95. The number of cyclic esters (lactones) is 1. The molecule has 2 aromatic rings. The molecule has 0 saturated carbocycles. The first-order chi connectivity index (χ1) is 9.88. The van der Waals surface area contributed by atoms with E-state index in [-0.39, 0.29) is 11.6 Å². The van der Waals surface area contributed by atoms with Crippen LogP contribution in [-0.4, -0.2) is 23.2 Å². The van der Waals surface area contributed by atoms with Crippen molar-refractivity contribution in [3.8, 4) is 11.3 Å². The molecule has 1 aliphatic rings. The minimum absolute atomic E-state index is 0.323. The quantitative estimate of drug-likeness (QED) is 0.778. The predicted molar refractivity (Wildman–Crippen MR) is 87.9 cm³/mol. The van der Waals surface area contributed by atoms with Gasteiger partial charge in [0.2, 0.25) is 0 Å². The van der Waals surface area contributed by atoms with Gasteiger partial charge in [-0.15, -0.1) is 11.3 Å². The van der Waals surface area contributed by atoms with E-state index in [1.807, 2.05) is 45.0 Å². The number of hydrogen-bond acceptors (Lipinski definition) is 4. The van der Waals surface area contributed by atoms with Crippen LogP contribution in [0.3, 0.4) is 0 Å². The molecule has 0 unspecified atom stereocenters. The molecule has 1 aliphatic heterocycles. The second-order valence-electron chi connectivity index (χ2n) is 5.61. The van der Waals surface area contributed by atoms with E-state index in [4.69, 9.17) is 4.74 Å². The molecule has 1 saturated heterocycles. The number of anilines is 1. The summed E-state index contributed by atoms with van der Waals surface area (Å²) in [6, 6.07) is 8.01. The zero-order valence-corrected chi connectivity index (χ0v) is 14.4. The Morgan fingerprint density at radius 3 is 2.57 bits per heavy atom. The summed E-state index contributed by atoms with van der Waals surface area (Å²) in [5.41, 5.74) is 1.60. The molecule has 110 valence electrons. The van der Waals surface area contributed by atoms with E-state index in [2.05, 4.69) is 20.9 Å². The Balaban J connectivity index is 2.02. The van der Waals surface area contributed by atoms with Gasteiger partial charge >= 0.3 is 6.09 Å². The highest BCUT2D eigenvalue weighted by Gasteiger charge is 2.42. The smallest absolute Gasteiger partial charge is 0.416 e. The number of aromatic nitrogens is 1. The largest absolute Gasteiger partial charge is 0.447 e. The van der Waals surface area contributed by atoms with Gasteiger partial charge in [-0.1, -0.05) is 28.1 Å². The van der Waals surface area contributed by atoms with Crippen molar-refractivity contribution in [2.24, 2.45) is 0 Å². The van der Waals surface area contributed by atoms with E-state index < -0.39 is 0 Å². The number of amides is 1. The van der Waals surface area contributed by atoms with Gasteiger partial charge in [0.1, 0.15) is 6.61 Å². The number of rotatable bonds is 2. The lowest BCUT2D eigenvalue weighted by molar-refractivity contribution is 0.175. The molecule has 0 bridgehead atoms. The first-order valence-corrected chi connectivity index (χ1v) is 8.20. The van der Waals surface area contributed by atoms with Crippen molar-refractivity contribution in [1.29, 1.82) is 0 Å². The monoisotopic (exact) mass is 366 g/mol. The fourth-order valence-corrected chi connectivity index (χ4v) is 3.65. The van der Waals surface area contributed by atoms with E-state index in [1.54, 1.807) is 4.90 Å². The average molecular weight is 367 g/mol. The Hall–Kier alpha value is -1.40. The van der Waals surface area contributed by atoms with Gasteiger partial charge in [-0.25, -0.2) is 14.7 Å². The zero-order valence-electron chi connectivity index (χ0n) is 12.0. The second kappa shape index (κ2) is 5.10. The summed E-state index contributed by atoms with van der Waals surface area (Å²) in [6.45, 7) is 6.37. The molecule has 0 radical (unpaired) electrons. The van der Waals surface area contributed by atoms with Crippen molar-refractivity contribution >= 4 is 38.5 Å². The Morgan fingerprint density at radius 2 is 2.00 bits per heavy atom. The highest BCUT2D eigenvalue weighted by Crippen LogP contribution is 2.38. The molecule has 0 atom stereocenters. The number of halogens is 1. The number of carbonyl (C=O) groups is 1. The van der Waals surface area contributed by atoms with Gasteiger partial charge in [-0.2, -0.15) is 0 Å². The maximum absolute atomic E-state index is 12.0. The van der Waals surface area contributed by atoms with Crippen LogP contribution >= 0.6 is 27.3 Å². The summed E-state index contributed by atoms with van der Waals surface area (Å²) in [5, 5.41) is 0.693. The third-order valence-electron chi connectivity index (χ3n) is 3.43. The molecule has 1 aromatic heterocycles. The van der Waals surface area contributed by atoms with Gasteiger partial charge < -0.3 is 4.74 Å². The van der Waals surface area contributed by atoms with E-state index in [0.29, 0.717) is 11.7 Å². The summed E-state index contributed by atoms with van der Waals surface area (Å²) in [4.78, 5) is 19.4. The lowest BCUT2D eigenvalue weighted by Gasteiger charge is -2.24. The summed E-state index contributed by atoms with van der Waals surface area (Å²) in [6.07, 6.45) is -0.323. The fourth-order valence-electron chi connectivity index (χ4n) is 2.31. The van der Waals surface area contributed by atoms with Crippen molar-refractivity contribution in [1.82, 2.24) is 4.98 Å². The van der Waals surface area contributed by atoms with Crippen molar-refractivity contribution in [3.63, 3.8) is 0 Å². The third kappa shape index (κ3) is 2.58. The SMILES string of the molecule is Cc1sc(N2C(=O)OCC2(C)C)nc1-c1ccc(Br)cc1. The number of benzene rings is 1. The van der Waals surface area contributed by atoms with Crippen LogP contribution < -0.4 is 4.90 Å². The second-order valence-corrected chi connectivity index (χ2v) is 7.71. The van der Waals surface area contributed by atoms with Crippen LogP contribution in [0.25, 0.3) is 11.3 Å². The molecule has 2 heterocycles. The first-order valence-electron chi connectivity index (χ1n) is 6.59. The topological polar surface area (TPSA) is 42.4 Å². The number of nitrogens with zero attached hydrogens (tertiary/aromatic N) is 2. The lowest BCUT2D eigenvalue weighted by atomic mass is 10.1. The molecule has 3 rings (SSSR count). The highest BCUT2D eigenvalue weighted by molar-refractivity contribution is 9.10. The molecule has 6 heteroatoms. The maximum Gasteiger partial charge on any atom is 0.416 e. The fraction of sp³-hybridized carbons (Fsp3) is 0.333. The number of hydrogen-bond donors (Lipinski definition) is 0. The molecular formula is C15H15BrN2O2S. The van der Waals surface area contributed by atoms with Crippen molar-refractivity contribution in [2.45, 2.75) is 26.3 Å². The Morgan fingerprint density at radius 1 is 1.33 bits per heavy atom. The summed E-state index contributed by atoms with van der Waals surface area (Å²) in [7, 11) is 0. The number of aryl methyl sites for hydroxylation is 1. The number of thiazole rings is 1. The van der Waals surface area contributed by atoms with Gasteiger partial charge in [-0.3, -0.25) is 0 Å². The minimum atomic E-state index is -0.363. The summed E-state index contributed by atoms with van der Waals surface area (Å²) in [5.74, 6) is 0. The standard InChI is InChI=1S/C15H15BrN2O2S/c1-9-12(10-4-6-11(16)7-5-10)17-13(21-9)18-14(19)20-8-15(18,2)3/h4-7H,8H2,1-3H3. The molecule has 1 fully saturated rings. The molecular weight excluding hydrogens is 352 g/mol. The van der Waals surface area contributed by atoms with Gasteiger partial charge in [0, 0.05) is 14.9 Å². The molecule has 21 heavy (non-hydrogen) atoms. The van der Waals surface area contributed by atoms with Gasteiger partial charge in [0.05, 0.1) is 11.2 Å². The van der Waals surface area contributed by atoms with Crippen molar-refractivity contribution in [2.75, 3.05) is 11.5 Å². The highest BCUT2D eigenvalue weighted by atomic mass is 79.9. The minimum Gasteiger partial charge on any atom is -0.447 e. The van der Waals surface area contributed by atoms with Gasteiger partial charge in [0.25, 0.3) is 0 Å². The molecule has 4 nitrogen and oxygen atoms in total. The Bertz CT molecular complexity index is 694. The van der Waals surface area contributed by atoms with E-state index in [0.717, 1.165) is 20.6 Å². The summed E-state index contributed by atoms with van der Waals surface area (Å²) < 4.78 is 6.18. The van der Waals surface area contributed by atoms with Crippen LogP contribution in [0.1, 0.15) is 18.7 Å². The lowest BCUT2D eigenvalue weighted by Crippen LogP contribution is -2.42. The maximum atomic E-state index is 12.0. The van der Waals surface area contributed by atoms with Crippen LogP contribution in [0.4, 0.5) is 9.93 Å². The molecule has 0 N–H and O–H groups in total. The van der Waals surface area contributed by atoms with E-state index in [9.17, 15) is 4.79 Å². The Labute approximate surface area is 135 Å². The van der Waals surface area contributed by atoms with Gasteiger partial charge in [-0.05, 0) is 32.9 Å². The van der Waals surface area contributed by atoms with E-state index in [1.165, 1.54) is 11.3 Å². The molecule has 1 aromatic carbocycles. The third-order valence-corrected chi connectivity index (χ3v) is 4.92. The molecule has 0 aliphatic carbocycles.